The van der Waals surface area contributed by atoms with Crippen LogP contribution in [-0.2, 0) is 11.2 Å². The number of hydrogen-bond donors (Lipinski definition) is 2. The van der Waals surface area contributed by atoms with Crippen LogP contribution in [0.2, 0.25) is 0 Å². The van der Waals surface area contributed by atoms with Gasteiger partial charge in [-0.15, -0.1) is 0 Å². The lowest BCUT2D eigenvalue weighted by Crippen LogP contribution is -2.12. The third-order valence-electron chi connectivity index (χ3n) is 3.24. The van der Waals surface area contributed by atoms with Crippen LogP contribution < -0.4 is 10.1 Å². The third kappa shape index (κ3) is 5.43. The maximum atomic E-state index is 12.3. The predicted molar refractivity (Wildman–Crippen MR) is 92.5 cm³/mol. The molecule has 2 rings (SSSR count). The van der Waals surface area contributed by atoms with Crippen molar-refractivity contribution in [2.45, 2.75) is 20.3 Å². The van der Waals surface area contributed by atoms with Gasteiger partial charge in [-0.2, -0.15) is 0 Å². The lowest BCUT2D eigenvalue weighted by Gasteiger charge is -2.10. The number of aliphatic carboxylic acids is 1. The molecule has 2 N–H and O–H groups in total. The molecule has 0 aliphatic carbocycles. The van der Waals surface area contributed by atoms with E-state index in [4.69, 9.17) is 9.84 Å². The molecule has 0 radical (unpaired) electrons. The van der Waals surface area contributed by atoms with Gasteiger partial charge in [0.15, 0.2) is 0 Å². The van der Waals surface area contributed by atoms with Gasteiger partial charge in [-0.05, 0) is 47.9 Å². The first-order chi connectivity index (χ1) is 11.4. The minimum Gasteiger partial charge on any atom is -0.493 e. The van der Waals surface area contributed by atoms with Gasteiger partial charge in [0.2, 0.25) is 0 Å². The molecule has 126 valence electrons. The van der Waals surface area contributed by atoms with Gasteiger partial charge in [-0.3, -0.25) is 9.59 Å². The smallest absolute Gasteiger partial charge is 0.307 e. The fourth-order valence-electron chi connectivity index (χ4n) is 2.10. The first-order valence-electron chi connectivity index (χ1n) is 7.79. The van der Waals surface area contributed by atoms with Crippen LogP contribution in [0.5, 0.6) is 5.75 Å². The van der Waals surface area contributed by atoms with E-state index >= 15 is 0 Å². The summed E-state index contributed by atoms with van der Waals surface area (Å²) >= 11 is 0. The van der Waals surface area contributed by atoms with Gasteiger partial charge in [-0.1, -0.05) is 26.0 Å². The summed E-state index contributed by atoms with van der Waals surface area (Å²) in [6.07, 6.45) is -0.0778. The minimum absolute atomic E-state index is 0.0778. The highest BCUT2D eigenvalue weighted by molar-refractivity contribution is 6.04. The first kappa shape index (κ1) is 17.5. The largest absolute Gasteiger partial charge is 0.493 e. The Labute approximate surface area is 141 Å². The number of carboxylic acid groups (broad SMARTS) is 1. The molecule has 0 aliphatic heterocycles. The molecule has 0 spiro atoms. The molecule has 5 heteroatoms. The Morgan fingerprint density at radius 1 is 1.12 bits per heavy atom. The van der Waals surface area contributed by atoms with Gasteiger partial charge in [0.05, 0.1) is 13.0 Å². The van der Waals surface area contributed by atoms with Crippen LogP contribution in [0, 0.1) is 5.92 Å². The summed E-state index contributed by atoms with van der Waals surface area (Å²) in [6.45, 7) is 4.77. The van der Waals surface area contributed by atoms with Crippen LogP contribution in [0.3, 0.4) is 0 Å². The number of amides is 1. The maximum absolute atomic E-state index is 12.3. The van der Waals surface area contributed by atoms with Gasteiger partial charge in [0.25, 0.3) is 5.91 Å². The molecule has 1 amide bonds. The van der Waals surface area contributed by atoms with E-state index in [0.717, 1.165) is 5.75 Å². The van der Waals surface area contributed by atoms with Crippen LogP contribution in [0.15, 0.2) is 48.5 Å². The molecule has 0 aliphatic rings. The lowest BCUT2D eigenvalue weighted by molar-refractivity contribution is -0.136. The minimum atomic E-state index is -0.907. The molecule has 0 unspecified atom stereocenters. The van der Waals surface area contributed by atoms with Crippen LogP contribution in [0.25, 0.3) is 0 Å². The van der Waals surface area contributed by atoms with Crippen molar-refractivity contribution in [3.8, 4) is 5.75 Å². The van der Waals surface area contributed by atoms with Crippen molar-refractivity contribution in [3.63, 3.8) is 0 Å². The van der Waals surface area contributed by atoms with Crippen molar-refractivity contribution in [2.24, 2.45) is 5.92 Å². The van der Waals surface area contributed by atoms with Gasteiger partial charge < -0.3 is 15.2 Å². The van der Waals surface area contributed by atoms with Gasteiger partial charge >= 0.3 is 5.97 Å². The van der Waals surface area contributed by atoms with Gasteiger partial charge in [0.1, 0.15) is 5.75 Å². The monoisotopic (exact) mass is 327 g/mol. The van der Waals surface area contributed by atoms with E-state index in [9.17, 15) is 9.59 Å². The second-order valence-electron chi connectivity index (χ2n) is 5.95. The van der Waals surface area contributed by atoms with E-state index < -0.39 is 5.97 Å². The summed E-state index contributed by atoms with van der Waals surface area (Å²) in [6, 6.07) is 13.7. The number of carbonyl (C=O) groups is 2. The molecule has 24 heavy (non-hydrogen) atoms. The second kappa shape index (κ2) is 8.15. The van der Waals surface area contributed by atoms with Gasteiger partial charge in [0, 0.05) is 11.3 Å². The fourth-order valence-corrected chi connectivity index (χ4v) is 2.10. The molecule has 2 aromatic rings. The number of carbonyl (C=O) groups excluding carboxylic acids is 1. The molecule has 5 nitrogen and oxygen atoms in total. The lowest BCUT2D eigenvalue weighted by atomic mass is 10.1. The van der Waals surface area contributed by atoms with E-state index in [1.807, 2.05) is 0 Å². The van der Waals surface area contributed by atoms with Crippen molar-refractivity contribution in [1.82, 2.24) is 0 Å². The zero-order valence-corrected chi connectivity index (χ0v) is 13.8. The molecule has 0 fully saturated rings. The Balaban J connectivity index is 2.00. The van der Waals surface area contributed by atoms with E-state index in [1.165, 1.54) is 0 Å². The first-order valence-corrected chi connectivity index (χ1v) is 7.79. The summed E-state index contributed by atoms with van der Waals surface area (Å²) in [5, 5.41) is 11.6. The number of hydrogen-bond acceptors (Lipinski definition) is 3. The Hall–Kier alpha value is -2.82. The average molecular weight is 327 g/mol. The van der Waals surface area contributed by atoms with Crippen LogP contribution in [-0.4, -0.2) is 23.6 Å². The summed E-state index contributed by atoms with van der Waals surface area (Å²) in [7, 11) is 0. The number of rotatable bonds is 7. The highest BCUT2D eigenvalue weighted by atomic mass is 16.5. The summed E-state index contributed by atoms with van der Waals surface area (Å²) in [4.78, 5) is 23.0. The van der Waals surface area contributed by atoms with Crippen LogP contribution in [0.4, 0.5) is 5.69 Å². The van der Waals surface area contributed by atoms with Crippen molar-refractivity contribution in [3.05, 3.63) is 59.7 Å². The van der Waals surface area contributed by atoms with E-state index in [1.54, 1.807) is 48.5 Å². The Morgan fingerprint density at radius 3 is 2.46 bits per heavy atom. The highest BCUT2D eigenvalue weighted by Gasteiger charge is 2.08. The number of benzene rings is 2. The number of nitrogens with one attached hydrogen (secondary N) is 1. The highest BCUT2D eigenvalue weighted by Crippen LogP contribution is 2.16. The van der Waals surface area contributed by atoms with Crippen molar-refractivity contribution >= 4 is 17.6 Å². The Kier molecular flexibility index (Phi) is 5.95. The van der Waals surface area contributed by atoms with E-state index in [0.29, 0.717) is 29.3 Å². The molecular formula is C19H21NO4. The molecule has 0 aromatic heterocycles. The molecule has 0 saturated carbocycles. The topological polar surface area (TPSA) is 75.6 Å². The second-order valence-corrected chi connectivity index (χ2v) is 5.95. The van der Waals surface area contributed by atoms with Crippen LogP contribution >= 0.6 is 0 Å². The van der Waals surface area contributed by atoms with Crippen LogP contribution in [0.1, 0.15) is 29.8 Å². The number of ether oxygens (including phenoxy) is 1. The fraction of sp³-hybridized carbons (Fsp3) is 0.263. The quantitative estimate of drug-likeness (QED) is 0.815. The van der Waals surface area contributed by atoms with Crippen molar-refractivity contribution in [1.29, 1.82) is 0 Å². The SMILES string of the molecule is CC(C)COc1ccc(C(=O)Nc2cccc(CC(=O)O)c2)cc1. The van der Waals surface area contributed by atoms with Gasteiger partial charge in [-0.25, -0.2) is 0 Å². The summed E-state index contributed by atoms with van der Waals surface area (Å²) in [5.74, 6) is 0.00288. The normalized spacial score (nSPS) is 10.5. The van der Waals surface area contributed by atoms with Crippen molar-refractivity contribution in [2.75, 3.05) is 11.9 Å². The zero-order valence-electron chi connectivity index (χ0n) is 13.8. The molecule has 2 aromatic carbocycles. The third-order valence-corrected chi connectivity index (χ3v) is 3.24. The van der Waals surface area contributed by atoms with Crippen molar-refractivity contribution < 1.29 is 19.4 Å². The molecule has 0 heterocycles. The van der Waals surface area contributed by atoms with E-state index in [-0.39, 0.29) is 12.3 Å². The zero-order chi connectivity index (χ0) is 17.5. The predicted octanol–water partition coefficient (Wildman–Crippen LogP) is 3.60. The van der Waals surface area contributed by atoms with E-state index in [2.05, 4.69) is 19.2 Å². The number of anilines is 1. The average Bonchev–Trinajstić information content (AvgIpc) is 2.53. The summed E-state index contributed by atoms with van der Waals surface area (Å²) < 4.78 is 5.59. The molecule has 0 saturated heterocycles. The molecular weight excluding hydrogens is 306 g/mol. The standard InChI is InChI=1S/C19H21NO4/c1-13(2)12-24-17-8-6-15(7-9-17)19(23)20-16-5-3-4-14(10-16)11-18(21)22/h3-10,13H,11-12H2,1-2H3,(H,20,23)(H,21,22). The molecule has 0 bridgehead atoms. The Bertz CT molecular complexity index is 708. The Morgan fingerprint density at radius 2 is 1.83 bits per heavy atom. The molecule has 0 atom stereocenters. The summed E-state index contributed by atoms with van der Waals surface area (Å²) in [5.41, 5.74) is 1.71. The maximum Gasteiger partial charge on any atom is 0.307 e. The number of carboxylic acids is 1.